The molecule has 1 saturated carbocycles. The summed E-state index contributed by atoms with van der Waals surface area (Å²) in [4.78, 5) is 21.6. The first-order chi connectivity index (χ1) is 17.6. The van der Waals surface area contributed by atoms with E-state index in [2.05, 4.69) is 24.8 Å². The number of fused-ring (bicyclic) bond motifs is 1. The number of pyridine rings is 1. The van der Waals surface area contributed by atoms with Gasteiger partial charge in [-0.25, -0.2) is 22.3 Å². The van der Waals surface area contributed by atoms with Crippen LogP contribution in [0.5, 0.6) is 0 Å². The van der Waals surface area contributed by atoms with Crippen molar-refractivity contribution in [2.45, 2.75) is 43.9 Å². The Balaban J connectivity index is 1.60. The number of nitrogens with one attached hydrogen (secondary N) is 1. The van der Waals surface area contributed by atoms with Crippen molar-refractivity contribution < 1.29 is 17.8 Å². The van der Waals surface area contributed by atoms with E-state index in [0.717, 1.165) is 29.7 Å². The zero-order chi connectivity index (χ0) is 26.5. The Morgan fingerprint density at radius 2 is 2.03 bits per heavy atom. The number of benzene rings is 1. The number of hydrogen-bond acceptors (Lipinski definition) is 7. The second-order valence-corrected chi connectivity index (χ2v) is 12.0. The number of nitrogens with zero attached hydrogens (tertiary/aromatic N) is 5. The summed E-state index contributed by atoms with van der Waals surface area (Å²) in [5.74, 6) is 0.162. The smallest absolute Gasteiger partial charge is 0.277 e. The van der Waals surface area contributed by atoms with Gasteiger partial charge in [0, 0.05) is 50.4 Å². The van der Waals surface area contributed by atoms with Gasteiger partial charge in [0.1, 0.15) is 11.5 Å². The van der Waals surface area contributed by atoms with Gasteiger partial charge in [0.2, 0.25) is 0 Å². The third-order valence-electron chi connectivity index (χ3n) is 6.92. The number of aryl methyl sites for hydroxylation is 1. The van der Waals surface area contributed by atoms with Crippen LogP contribution in [0.15, 0.2) is 44.7 Å². The molecule has 1 aliphatic carbocycles. The highest BCUT2D eigenvalue weighted by Crippen LogP contribution is 2.40. The maximum atomic E-state index is 13.5. The first-order valence-corrected chi connectivity index (χ1v) is 13.9. The summed E-state index contributed by atoms with van der Waals surface area (Å²) >= 11 is 0. The Hall–Kier alpha value is -3.47. The predicted octanol–water partition coefficient (Wildman–Crippen LogP) is 5.04. The Kier molecular flexibility index (Phi) is 6.43. The van der Waals surface area contributed by atoms with E-state index in [4.69, 9.17) is 0 Å². The number of aromatic nitrogens is 3. The molecule has 0 radical (unpaired) electrons. The van der Waals surface area contributed by atoms with Crippen molar-refractivity contribution in [1.29, 1.82) is 0 Å². The van der Waals surface area contributed by atoms with Crippen molar-refractivity contribution in [3.05, 3.63) is 47.5 Å². The van der Waals surface area contributed by atoms with Gasteiger partial charge in [0.25, 0.3) is 6.43 Å². The number of carbonyl (C=O) groups is 1. The van der Waals surface area contributed by atoms with E-state index >= 15 is 0 Å². The average Bonchev–Trinajstić information content (AvgIpc) is 3.54. The van der Waals surface area contributed by atoms with Crippen molar-refractivity contribution in [2.75, 3.05) is 18.6 Å². The molecule has 1 aliphatic heterocycles. The van der Waals surface area contributed by atoms with Crippen LogP contribution >= 0.6 is 0 Å². The van der Waals surface area contributed by atoms with Gasteiger partial charge in [-0.1, -0.05) is 6.07 Å². The molecule has 1 aromatic carbocycles. The number of halogens is 2. The molecule has 5 rings (SSSR count). The quantitative estimate of drug-likeness (QED) is 0.443. The molecule has 0 spiro atoms. The summed E-state index contributed by atoms with van der Waals surface area (Å²) in [6.07, 6.45) is 2.42. The van der Waals surface area contributed by atoms with E-state index in [1.807, 2.05) is 26.1 Å². The third kappa shape index (κ3) is 4.92. The Bertz CT molecular complexity index is 1570. The van der Waals surface area contributed by atoms with Crippen LogP contribution < -0.4 is 5.32 Å². The number of carbonyl (C=O) groups excluding carboxylic acids is 1. The first-order valence-electron chi connectivity index (χ1n) is 12.0. The predicted molar refractivity (Wildman–Crippen MR) is 140 cm³/mol. The Labute approximate surface area is 214 Å². The fourth-order valence-corrected chi connectivity index (χ4v) is 5.49. The fraction of sp³-hybridized carbons (Fsp3) is 0.385. The van der Waals surface area contributed by atoms with Crippen LogP contribution in [-0.2, 0) is 34.4 Å². The number of aliphatic imine (C=N–C) groups is 1. The molecule has 2 aliphatic rings. The minimum absolute atomic E-state index is 0.0605. The van der Waals surface area contributed by atoms with Crippen LogP contribution in [0, 0.1) is 12.8 Å². The van der Waals surface area contributed by atoms with Gasteiger partial charge >= 0.3 is 0 Å². The zero-order valence-electron chi connectivity index (χ0n) is 21.1. The summed E-state index contributed by atoms with van der Waals surface area (Å²) in [7, 11) is 0.554. The van der Waals surface area contributed by atoms with Crippen LogP contribution in [0.4, 0.5) is 25.8 Å². The normalized spacial score (nSPS) is 16.4. The van der Waals surface area contributed by atoms with Gasteiger partial charge in [0.05, 0.1) is 49.3 Å². The molecule has 1 N–H and O–H groups in total. The van der Waals surface area contributed by atoms with E-state index < -0.39 is 16.2 Å². The van der Waals surface area contributed by atoms with Crippen LogP contribution in [-0.4, -0.2) is 50.2 Å². The topological polar surface area (TPSA) is 102 Å². The molecule has 1 fully saturated rings. The summed E-state index contributed by atoms with van der Waals surface area (Å²) < 4.78 is 46.4. The monoisotopic (exact) mass is 526 g/mol. The molecular weight excluding hydrogens is 498 g/mol. The fourth-order valence-electron chi connectivity index (χ4n) is 4.42. The minimum Gasteiger partial charge on any atom is -0.353 e. The number of anilines is 2. The number of rotatable bonds is 8. The molecule has 2 aromatic heterocycles. The summed E-state index contributed by atoms with van der Waals surface area (Å²) in [6.45, 7) is 1.95. The van der Waals surface area contributed by atoms with Crippen molar-refractivity contribution in [2.24, 2.45) is 22.3 Å². The summed E-state index contributed by atoms with van der Waals surface area (Å²) in [5, 5.41) is 7.57. The van der Waals surface area contributed by atoms with E-state index in [-0.39, 0.29) is 30.3 Å². The molecule has 0 saturated heterocycles. The zero-order valence-corrected chi connectivity index (χ0v) is 21.9. The van der Waals surface area contributed by atoms with Crippen LogP contribution in [0.2, 0.25) is 0 Å². The highest BCUT2D eigenvalue weighted by atomic mass is 32.2. The molecule has 194 valence electrons. The lowest BCUT2D eigenvalue weighted by Crippen LogP contribution is -2.11. The van der Waals surface area contributed by atoms with Gasteiger partial charge in [-0.2, -0.15) is 5.10 Å². The molecule has 3 heterocycles. The Morgan fingerprint density at radius 3 is 2.65 bits per heavy atom. The highest BCUT2D eigenvalue weighted by Gasteiger charge is 2.31. The molecule has 1 atom stereocenters. The molecule has 37 heavy (non-hydrogen) atoms. The van der Waals surface area contributed by atoms with E-state index in [9.17, 15) is 17.8 Å². The van der Waals surface area contributed by atoms with Crippen LogP contribution in [0.25, 0.3) is 11.1 Å². The lowest BCUT2D eigenvalue weighted by atomic mass is 10.1. The standard InChI is InChI=1S/C26H28F2N6O2S/c1-14-18(13-30-34(14)3)16-7-8-19(24(9-16)37(4,36)29-2)32-20-10-17(11-23(35)15-5-6-15)31-21-12-22(26(27)28)33-25(20)21/h7-10,13,15,26H,5-6,11-12H2,1-4H3,(H,31,32)/t37-/m0/s1. The minimum atomic E-state index is -2.80. The molecular formula is C26H28F2N6O2S. The number of ketones is 1. The largest absolute Gasteiger partial charge is 0.353 e. The Morgan fingerprint density at radius 1 is 1.27 bits per heavy atom. The number of Topliss-reactive ketones (excluding diaryl/α,β-unsaturated/α-hetero) is 1. The summed E-state index contributed by atoms with van der Waals surface area (Å²) in [6, 6.07) is 7.17. The third-order valence-corrected chi connectivity index (χ3v) is 8.77. The molecule has 3 aromatic rings. The van der Waals surface area contributed by atoms with Crippen molar-refractivity contribution in [3.63, 3.8) is 0 Å². The second-order valence-electron chi connectivity index (χ2n) is 9.54. The van der Waals surface area contributed by atoms with Crippen molar-refractivity contribution in [1.82, 2.24) is 14.8 Å². The molecule has 0 amide bonds. The van der Waals surface area contributed by atoms with E-state index in [1.54, 1.807) is 29.3 Å². The molecule has 0 bridgehead atoms. The first kappa shape index (κ1) is 25.2. The van der Waals surface area contributed by atoms with Gasteiger partial charge in [0.15, 0.2) is 0 Å². The van der Waals surface area contributed by atoms with Crippen molar-refractivity contribution in [3.8, 4) is 11.1 Å². The van der Waals surface area contributed by atoms with Crippen LogP contribution in [0.3, 0.4) is 0 Å². The van der Waals surface area contributed by atoms with Gasteiger partial charge in [-0.3, -0.25) is 14.5 Å². The lowest BCUT2D eigenvalue weighted by molar-refractivity contribution is -0.119. The van der Waals surface area contributed by atoms with Gasteiger partial charge in [-0.15, -0.1) is 0 Å². The van der Waals surface area contributed by atoms with Gasteiger partial charge in [-0.05, 0) is 43.5 Å². The maximum Gasteiger partial charge on any atom is 0.277 e. The molecule has 11 heteroatoms. The molecule has 8 nitrogen and oxygen atoms in total. The van der Waals surface area contributed by atoms with Crippen LogP contribution in [0.1, 0.15) is 29.9 Å². The SMILES string of the molecule is CN=[S@@](C)(=O)c1cc(-c2cnn(C)c2C)ccc1Nc1cc(CC(=O)C2CC2)nc2c1N=C(C(F)F)C2. The molecule has 0 unspecified atom stereocenters. The highest BCUT2D eigenvalue weighted by molar-refractivity contribution is 7.93. The second kappa shape index (κ2) is 9.44. The lowest BCUT2D eigenvalue weighted by Gasteiger charge is -2.17. The maximum absolute atomic E-state index is 13.5. The number of alkyl halides is 2. The van der Waals surface area contributed by atoms with Gasteiger partial charge < -0.3 is 5.32 Å². The average molecular weight is 527 g/mol. The van der Waals surface area contributed by atoms with E-state index in [1.165, 1.54) is 7.05 Å². The number of hydrogen-bond donors (Lipinski definition) is 1. The summed E-state index contributed by atoms with van der Waals surface area (Å²) in [5.41, 5.74) is 4.60. The van der Waals surface area contributed by atoms with Crippen molar-refractivity contribution >= 4 is 38.3 Å². The van der Waals surface area contributed by atoms with E-state index in [0.29, 0.717) is 33.3 Å².